The van der Waals surface area contributed by atoms with Crippen LogP contribution in [0.3, 0.4) is 0 Å². The number of aryl methyl sites for hydroxylation is 1. The summed E-state index contributed by atoms with van der Waals surface area (Å²) in [6, 6.07) is 6.64. The van der Waals surface area contributed by atoms with Crippen LogP contribution in [0.15, 0.2) is 47.5 Å². The van der Waals surface area contributed by atoms with Gasteiger partial charge in [-0.05, 0) is 34.7 Å². The van der Waals surface area contributed by atoms with E-state index in [4.69, 9.17) is 4.74 Å². The first-order valence-corrected chi connectivity index (χ1v) is 7.09. The molecule has 3 aromatic rings. The molecule has 0 bridgehead atoms. The van der Waals surface area contributed by atoms with Crippen molar-refractivity contribution in [1.29, 1.82) is 0 Å². The van der Waals surface area contributed by atoms with Crippen LogP contribution in [0.4, 0.5) is 13.2 Å². The smallest absolute Gasteiger partial charge is 0.416 e. The lowest BCUT2D eigenvalue weighted by Crippen LogP contribution is -2.24. The Morgan fingerprint density at radius 1 is 1.16 bits per heavy atom. The van der Waals surface area contributed by atoms with Gasteiger partial charge in [0, 0.05) is 18.8 Å². The minimum Gasteiger partial charge on any atom is -0.487 e. The maximum Gasteiger partial charge on any atom is 0.416 e. The Bertz CT molecular complexity index is 934. The van der Waals surface area contributed by atoms with E-state index >= 15 is 0 Å². The van der Waals surface area contributed by atoms with Crippen molar-refractivity contribution < 1.29 is 17.9 Å². The van der Waals surface area contributed by atoms with Crippen LogP contribution in [0.1, 0.15) is 11.1 Å². The summed E-state index contributed by atoms with van der Waals surface area (Å²) in [4.78, 5) is 15.9. The van der Waals surface area contributed by atoms with Gasteiger partial charge < -0.3 is 4.74 Å². The monoisotopic (exact) mass is 351 g/mol. The third kappa shape index (κ3) is 3.37. The van der Waals surface area contributed by atoms with Crippen molar-refractivity contribution in [3.8, 4) is 11.4 Å². The number of halogens is 3. The number of pyridine rings is 1. The van der Waals surface area contributed by atoms with Crippen molar-refractivity contribution in [2.24, 2.45) is 7.05 Å². The molecule has 0 radical (unpaired) electrons. The lowest BCUT2D eigenvalue weighted by molar-refractivity contribution is -0.138. The Hall–Kier alpha value is -3.17. The second-order valence-electron chi connectivity index (χ2n) is 5.08. The second-order valence-corrected chi connectivity index (χ2v) is 5.08. The largest absolute Gasteiger partial charge is 0.487 e. The Kier molecular flexibility index (Phi) is 4.26. The summed E-state index contributed by atoms with van der Waals surface area (Å²) in [6.45, 7) is -0.417. The third-order valence-electron chi connectivity index (χ3n) is 3.42. The van der Waals surface area contributed by atoms with Crippen molar-refractivity contribution in [3.05, 3.63) is 64.3 Å². The molecular weight excluding hydrogens is 339 g/mol. The molecule has 2 heterocycles. The Morgan fingerprint density at radius 3 is 2.56 bits per heavy atom. The molecule has 10 heteroatoms. The van der Waals surface area contributed by atoms with Crippen molar-refractivity contribution in [3.63, 3.8) is 0 Å². The number of benzene rings is 1. The molecule has 0 amide bonds. The van der Waals surface area contributed by atoms with Gasteiger partial charge in [0.25, 0.3) is 0 Å². The zero-order chi connectivity index (χ0) is 18.0. The first-order valence-electron chi connectivity index (χ1n) is 7.09. The number of ether oxygens (including phenoxy) is 1. The summed E-state index contributed by atoms with van der Waals surface area (Å²) < 4.78 is 47.3. The van der Waals surface area contributed by atoms with Gasteiger partial charge in [-0.15, -0.1) is 0 Å². The predicted molar refractivity (Wildman–Crippen MR) is 80.2 cm³/mol. The van der Waals surface area contributed by atoms with Crippen molar-refractivity contribution in [2.45, 2.75) is 12.8 Å². The third-order valence-corrected chi connectivity index (χ3v) is 3.42. The molecule has 0 unspecified atom stereocenters. The Labute approximate surface area is 139 Å². The summed E-state index contributed by atoms with van der Waals surface area (Å²) in [5.74, 6) is 0.303. The number of tetrazole rings is 1. The number of alkyl halides is 3. The van der Waals surface area contributed by atoms with E-state index in [0.29, 0.717) is 5.75 Å². The molecule has 0 aliphatic rings. The SMILES string of the molecule is Cn1nnn(-c2cccc(C(F)(F)F)c2COc2cccnc2)c1=O. The predicted octanol–water partition coefficient (Wildman–Crippen LogP) is 1.96. The fraction of sp³-hybridized carbons (Fsp3) is 0.200. The maximum absolute atomic E-state index is 13.4. The fourth-order valence-corrected chi connectivity index (χ4v) is 2.24. The van der Waals surface area contributed by atoms with Gasteiger partial charge in [0.05, 0.1) is 17.4 Å². The van der Waals surface area contributed by atoms with Crippen LogP contribution in [0.25, 0.3) is 5.69 Å². The lowest BCUT2D eigenvalue weighted by Gasteiger charge is -2.16. The first-order chi connectivity index (χ1) is 11.9. The van der Waals surface area contributed by atoms with Crippen LogP contribution < -0.4 is 10.4 Å². The van der Waals surface area contributed by atoms with Gasteiger partial charge in [0.2, 0.25) is 0 Å². The van der Waals surface area contributed by atoms with E-state index in [1.807, 2.05) is 0 Å². The van der Waals surface area contributed by atoms with Crippen molar-refractivity contribution in [2.75, 3.05) is 0 Å². The molecule has 0 saturated heterocycles. The van der Waals surface area contributed by atoms with Gasteiger partial charge in [-0.3, -0.25) is 4.98 Å². The van der Waals surface area contributed by atoms with Gasteiger partial charge in [-0.2, -0.15) is 22.5 Å². The van der Waals surface area contributed by atoms with Crippen LogP contribution in [-0.2, 0) is 19.8 Å². The number of aromatic nitrogens is 5. The second kappa shape index (κ2) is 6.38. The molecule has 0 aliphatic carbocycles. The van der Waals surface area contributed by atoms with Gasteiger partial charge in [-0.25, -0.2) is 4.79 Å². The molecule has 0 atom stereocenters. The molecular formula is C15H12F3N5O2. The molecule has 0 saturated carbocycles. The number of nitrogens with zero attached hydrogens (tertiary/aromatic N) is 5. The Balaban J connectivity index is 2.09. The van der Waals surface area contributed by atoms with E-state index in [1.54, 1.807) is 12.1 Å². The summed E-state index contributed by atoms with van der Waals surface area (Å²) in [5, 5.41) is 7.14. The molecule has 130 valence electrons. The highest BCUT2D eigenvalue weighted by Gasteiger charge is 2.35. The van der Waals surface area contributed by atoms with Gasteiger partial charge in [-0.1, -0.05) is 6.07 Å². The molecule has 0 aliphatic heterocycles. The van der Waals surface area contributed by atoms with Crippen LogP contribution in [-0.4, -0.2) is 24.8 Å². The van der Waals surface area contributed by atoms with Crippen LogP contribution in [0.2, 0.25) is 0 Å². The highest BCUT2D eigenvalue weighted by molar-refractivity contribution is 5.46. The number of hydrogen-bond donors (Lipinski definition) is 0. The minimum atomic E-state index is -4.62. The average Bonchev–Trinajstić information content (AvgIpc) is 2.92. The number of hydrogen-bond acceptors (Lipinski definition) is 5. The Morgan fingerprint density at radius 2 is 1.96 bits per heavy atom. The van der Waals surface area contributed by atoms with Crippen LogP contribution in [0, 0.1) is 0 Å². The molecule has 0 spiro atoms. The van der Waals surface area contributed by atoms with Gasteiger partial charge in [0.1, 0.15) is 12.4 Å². The van der Waals surface area contributed by atoms with E-state index in [2.05, 4.69) is 15.4 Å². The molecule has 25 heavy (non-hydrogen) atoms. The molecule has 2 aromatic heterocycles. The molecule has 0 N–H and O–H groups in total. The fourth-order valence-electron chi connectivity index (χ4n) is 2.24. The highest BCUT2D eigenvalue weighted by Crippen LogP contribution is 2.34. The average molecular weight is 351 g/mol. The standard InChI is InChI=1S/C15H12F3N5O2/c1-22-14(24)23(21-20-22)13-6-2-5-12(15(16,17)18)11(13)9-25-10-4-3-7-19-8-10/h2-8H,9H2,1H3. The lowest BCUT2D eigenvalue weighted by atomic mass is 10.1. The summed E-state index contributed by atoms with van der Waals surface area (Å²) in [6.07, 6.45) is -1.72. The zero-order valence-corrected chi connectivity index (χ0v) is 12.9. The summed E-state index contributed by atoms with van der Waals surface area (Å²) in [7, 11) is 1.35. The van der Waals surface area contributed by atoms with Crippen molar-refractivity contribution >= 4 is 0 Å². The summed E-state index contributed by atoms with van der Waals surface area (Å²) in [5.41, 5.74) is -1.84. The first kappa shape index (κ1) is 16.7. The maximum atomic E-state index is 13.4. The van der Waals surface area contributed by atoms with E-state index in [1.165, 1.54) is 31.6 Å². The number of rotatable bonds is 4. The quantitative estimate of drug-likeness (QED) is 0.718. The van der Waals surface area contributed by atoms with E-state index in [9.17, 15) is 18.0 Å². The van der Waals surface area contributed by atoms with E-state index in [-0.39, 0.29) is 11.3 Å². The zero-order valence-electron chi connectivity index (χ0n) is 12.9. The van der Waals surface area contributed by atoms with E-state index < -0.39 is 24.0 Å². The van der Waals surface area contributed by atoms with E-state index in [0.717, 1.165) is 15.4 Å². The molecule has 1 aromatic carbocycles. The molecule has 3 rings (SSSR count). The summed E-state index contributed by atoms with van der Waals surface area (Å²) >= 11 is 0. The van der Waals surface area contributed by atoms with Crippen LogP contribution >= 0.6 is 0 Å². The molecule has 7 nitrogen and oxygen atoms in total. The minimum absolute atomic E-state index is 0.0446. The van der Waals surface area contributed by atoms with Gasteiger partial charge in [0.15, 0.2) is 0 Å². The molecule has 0 fully saturated rings. The normalized spacial score (nSPS) is 11.5. The van der Waals surface area contributed by atoms with Crippen molar-refractivity contribution in [1.82, 2.24) is 24.8 Å². The van der Waals surface area contributed by atoms with Gasteiger partial charge >= 0.3 is 11.9 Å². The van der Waals surface area contributed by atoms with Crippen LogP contribution in [0.5, 0.6) is 5.75 Å². The topological polar surface area (TPSA) is 74.8 Å². The highest BCUT2D eigenvalue weighted by atomic mass is 19.4.